The maximum Gasteiger partial charge on any atom is 0.320 e. The van der Waals surface area contributed by atoms with Crippen LogP contribution in [0.15, 0.2) is 0 Å². The molecule has 8 nitrogen and oxygen atoms in total. The summed E-state index contributed by atoms with van der Waals surface area (Å²) < 4.78 is 7.56. The Morgan fingerprint density at radius 1 is 1.04 bits per heavy atom. The van der Waals surface area contributed by atoms with Crippen molar-refractivity contribution in [3.8, 4) is 0 Å². The Morgan fingerprint density at radius 2 is 1.77 bits per heavy atom. The second-order valence-corrected chi connectivity index (χ2v) is 7.68. The minimum atomic E-state index is 0.211. The van der Waals surface area contributed by atoms with E-state index in [-0.39, 0.29) is 11.9 Å². The molecule has 3 aliphatic heterocycles. The lowest BCUT2D eigenvalue weighted by Gasteiger charge is -2.34. The van der Waals surface area contributed by atoms with Crippen LogP contribution in [0.1, 0.15) is 43.3 Å². The predicted molar refractivity (Wildman–Crippen MR) is 96.9 cm³/mol. The van der Waals surface area contributed by atoms with E-state index in [1.165, 1.54) is 0 Å². The first-order valence-corrected chi connectivity index (χ1v) is 9.94. The number of amides is 2. The summed E-state index contributed by atoms with van der Waals surface area (Å²) in [5, 5.41) is 8.95. The van der Waals surface area contributed by atoms with Gasteiger partial charge in [0.15, 0.2) is 0 Å². The van der Waals surface area contributed by atoms with Crippen molar-refractivity contribution in [3.63, 3.8) is 0 Å². The summed E-state index contributed by atoms with van der Waals surface area (Å²) in [4.78, 5) is 19.1. The summed E-state index contributed by atoms with van der Waals surface area (Å²) in [6, 6.07) is 0.211. The van der Waals surface area contributed by atoms with Crippen LogP contribution in [-0.2, 0) is 18.3 Å². The van der Waals surface area contributed by atoms with E-state index < -0.39 is 0 Å². The molecule has 0 radical (unpaired) electrons. The molecule has 0 N–H and O–H groups in total. The molecule has 0 aromatic carbocycles. The monoisotopic (exact) mass is 362 g/mol. The van der Waals surface area contributed by atoms with Gasteiger partial charge in [0.05, 0.1) is 19.8 Å². The molecule has 26 heavy (non-hydrogen) atoms. The van der Waals surface area contributed by atoms with Crippen LogP contribution in [0.25, 0.3) is 0 Å². The first-order chi connectivity index (χ1) is 12.7. The van der Waals surface area contributed by atoms with E-state index in [0.29, 0.717) is 0 Å². The highest BCUT2D eigenvalue weighted by atomic mass is 16.5. The van der Waals surface area contributed by atoms with Gasteiger partial charge in [0.1, 0.15) is 11.6 Å². The van der Waals surface area contributed by atoms with Crippen molar-refractivity contribution in [3.05, 3.63) is 11.6 Å². The van der Waals surface area contributed by atoms with Crippen molar-refractivity contribution in [2.24, 2.45) is 7.05 Å². The molecule has 1 aromatic rings. The highest BCUT2D eigenvalue weighted by molar-refractivity contribution is 5.74. The number of likely N-dealkylation sites (tertiary alicyclic amines) is 2. The normalized spacial score (nSPS) is 25.0. The second-order valence-electron chi connectivity index (χ2n) is 7.68. The van der Waals surface area contributed by atoms with E-state index in [4.69, 9.17) is 4.74 Å². The molecule has 4 heterocycles. The van der Waals surface area contributed by atoms with Gasteiger partial charge in [-0.1, -0.05) is 0 Å². The molecule has 1 atom stereocenters. The van der Waals surface area contributed by atoms with Crippen LogP contribution >= 0.6 is 0 Å². The number of nitrogens with zero attached hydrogens (tertiary/aromatic N) is 6. The van der Waals surface area contributed by atoms with Gasteiger partial charge in [-0.2, -0.15) is 0 Å². The minimum Gasteiger partial charge on any atom is -0.379 e. The number of rotatable bonds is 3. The van der Waals surface area contributed by atoms with Gasteiger partial charge in [0.2, 0.25) is 0 Å². The summed E-state index contributed by atoms with van der Waals surface area (Å²) in [7, 11) is 2.06. The quantitative estimate of drug-likeness (QED) is 0.804. The number of morpholine rings is 1. The molecule has 0 spiro atoms. The standard InChI is InChI=1S/C18H30N6O2/c1-21-16(14-22-9-11-26-12-10-22)19-20-17(21)15-5-4-8-24(13-15)18(25)23-6-2-3-7-23/h15H,2-14H2,1H3/t15-/m0/s1. The molecule has 0 aliphatic carbocycles. The number of piperidine rings is 1. The fourth-order valence-electron chi connectivity index (χ4n) is 4.30. The van der Waals surface area contributed by atoms with E-state index in [0.717, 1.165) is 96.4 Å². The summed E-state index contributed by atoms with van der Waals surface area (Å²) in [5.41, 5.74) is 0. The molecule has 3 saturated heterocycles. The van der Waals surface area contributed by atoms with E-state index in [9.17, 15) is 4.79 Å². The van der Waals surface area contributed by atoms with Crippen LogP contribution in [0.2, 0.25) is 0 Å². The van der Waals surface area contributed by atoms with Gasteiger partial charge in [-0.25, -0.2) is 4.79 Å². The van der Waals surface area contributed by atoms with Crippen molar-refractivity contribution in [2.75, 3.05) is 52.5 Å². The highest BCUT2D eigenvalue weighted by Crippen LogP contribution is 2.27. The molecule has 1 aromatic heterocycles. The zero-order chi connectivity index (χ0) is 17.9. The zero-order valence-corrected chi connectivity index (χ0v) is 15.8. The fraction of sp³-hybridized carbons (Fsp3) is 0.833. The molecule has 4 rings (SSSR count). The Hall–Kier alpha value is -1.67. The van der Waals surface area contributed by atoms with Gasteiger partial charge < -0.3 is 19.1 Å². The Morgan fingerprint density at radius 3 is 2.54 bits per heavy atom. The van der Waals surface area contributed by atoms with Crippen LogP contribution < -0.4 is 0 Å². The number of carbonyl (C=O) groups is 1. The third-order valence-corrected chi connectivity index (χ3v) is 5.90. The largest absolute Gasteiger partial charge is 0.379 e. The average molecular weight is 362 g/mol. The van der Waals surface area contributed by atoms with Gasteiger partial charge in [-0.3, -0.25) is 4.90 Å². The topological polar surface area (TPSA) is 66.7 Å². The smallest absolute Gasteiger partial charge is 0.320 e. The van der Waals surface area contributed by atoms with E-state index in [1.54, 1.807) is 0 Å². The molecular weight excluding hydrogens is 332 g/mol. The maximum absolute atomic E-state index is 12.7. The Bertz CT molecular complexity index is 621. The number of carbonyl (C=O) groups excluding carboxylic acids is 1. The van der Waals surface area contributed by atoms with Crippen molar-refractivity contribution in [1.82, 2.24) is 29.5 Å². The molecular formula is C18H30N6O2. The highest BCUT2D eigenvalue weighted by Gasteiger charge is 2.31. The van der Waals surface area contributed by atoms with Gasteiger partial charge in [0, 0.05) is 52.2 Å². The first-order valence-electron chi connectivity index (χ1n) is 9.94. The Balaban J connectivity index is 1.41. The third kappa shape index (κ3) is 3.71. The van der Waals surface area contributed by atoms with E-state index in [1.807, 2.05) is 9.80 Å². The number of aromatic nitrogens is 3. The third-order valence-electron chi connectivity index (χ3n) is 5.90. The summed E-state index contributed by atoms with van der Waals surface area (Å²) >= 11 is 0. The van der Waals surface area contributed by atoms with Gasteiger partial charge in [-0.05, 0) is 25.7 Å². The summed E-state index contributed by atoms with van der Waals surface area (Å²) in [6.07, 6.45) is 4.39. The van der Waals surface area contributed by atoms with Crippen LogP contribution in [0.3, 0.4) is 0 Å². The van der Waals surface area contributed by atoms with Gasteiger partial charge in [0.25, 0.3) is 0 Å². The minimum absolute atomic E-state index is 0.211. The molecule has 0 bridgehead atoms. The van der Waals surface area contributed by atoms with Crippen LogP contribution in [0, 0.1) is 0 Å². The first kappa shape index (κ1) is 17.7. The lowest BCUT2D eigenvalue weighted by atomic mass is 9.97. The molecule has 3 aliphatic rings. The average Bonchev–Trinajstić information content (AvgIpc) is 3.33. The SMILES string of the molecule is Cn1c(CN2CCOCC2)nnc1[C@H]1CCCN(C(=O)N2CCCC2)C1. The van der Waals surface area contributed by atoms with Crippen molar-refractivity contribution >= 4 is 6.03 Å². The van der Waals surface area contributed by atoms with Crippen LogP contribution in [0.5, 0.6) is 0 Å². The second kappa shape index (κ2) is 7.92. The number of ether oxygens (including phenoxy) is 1. The summed E-state index contributed by atoms with van der Waals surface area (Å²) in [6.45, 7) is 7.75. The lowest BCUT2D eigenvalue weighted by molar-refractivity contribution is 0.0326. The van der Waals surface area contributed by atoms with Crippen molar-refractivity contribution in [1.29, 1.82) is 0 Å². The molecule has 0 unspecified atom stereocenters. The van der Waals surface area contributed by atoms with E-state index in [2.05, 4.69) is 26.7 Å². The molecule has 144 valence electrons. The van der Waals surface area contributed by atoms with Crippen LogP contribution in [0.4, 0.5) is 4.79 Å². The molecule has 0 saturated carbocycles. The molecule has 2 amide bonds. The lowest BCUT2D eigenvalue weighted by Crippen LogP contribution is -2.46. The number of hydrogen-bond donors (Lipinski definition) is 0. The fourth-order valence-corrected chi connectivity index (χ4v) is 4.30. The van der Waals surface area contributed by atoms with Crippen molar-refractivity contribution < 1.29 is 9.53 Å². The van der Waals surface area contributed by atoms with Gasteiger partial charge in [-0.15, -0.1) is 10.2 Å². The number of urea groups is 1. The zero-order valence-electron chi connectivity index (χ0n) is 15.8. The molecule has 8 heteroatoms. The maximum atomic E-state index is 12.7. The molecule has 3 fully saturated rings. The van der Waals surface area contributed by atoms with Crippen LogP contribution in [-0.4, -0.2) is 88.0 Å². The Kier molecular flexibility index (Phi) is 5.40. The number of hydrogen-bond acceptors (Lipinski definition) is 5. The van der Waals surface area contributed by atoms with Gasteiger partial charge >= 0.3 is 6.03 Å². The Labute approximate surface area is 155 Å². The van der Waals surface area contributed by atoms with E-state index >= 15 is 0 Å². The summed E-state index contributed by atoms with van der Waals surface area (Å²) in [5.74, 6) is 2.31. The predicted octanol–water partition coefficient (Wildman–Crippen LogP) is 1.04. The van der Waals surface area contributed by atoms with Crippen molar-refractivity contribution in [2.45, 2.75) is 38.1 Å².